The van der Waals surface area contributed by atoms with E-state index in [2.05, 4.69) is 18.8 Å². The summed E-state index contributed by atoms with van der Waals surface area (Å²) < 4.78 is 0. The van der Waals surface area contributed by atoms with Crippen molar-refractivity contribution in [2.75, 3.05) is 0 Å². The lowest BCUT2D eigenvalue weighted by molar-refractivity contribution is -0.135. The quantitative estimate of drug-likeness (QED) is 0.535. The largest absolute Gasteiger partial charge is 0.392 e. The van der Waals surface area contributed by atoms with E-state index < -0.39 is 12.2 Å². The normalized spacial score (nSPS) is 31.1. The van der Waals surface area contributed by atoms with Crippen LogP contribution in [0.25, 0.3) is 0 Å². The third-order valence-electron chi connectivity index (χ3n) is 5.24. The van der Waals surface area contributed by atoms with Crippen LogP contribution in [0.5, 0.6) is 0 Å². The molecule has 0 aliphatic heterocycles. The van der Waals surface area contributed by atoms with Crippen LogP contribution in [-0.2, 0) is 4.79 Å². The summed E-state index contributed by atoms with van der Waals surface area (Å²) in [5, 5.41) is 20.0. The first-order valence-electron chi connectivity index (χ1n) is 9.03. The Morgan fingerprint density at radius 2 is 1.86 bits per heavy atom. The fourth-order valence-corrected chi connectivity index (χ4v) is 3.70. The van der Waals surface area contributed by atoms with E-state index in [1.807, 2.05) is 0 Å². The number of aliphatic hydroxyl groups is 2. The van der Waals surface area contributed by atoms with Crippen LogP contribution in [0.15, 0.2) is 0 Å². The highest BCUT2D eigenvalue weighted by molar-refractivity contribution is 5.88. The molecule has 0 heterocycles. The van der Waals surface area contributed by atoms with Gasteiger partial charge in [-0.25, -0.2) is 0 Å². The number of unbranched alkanes of at least 4 members (excludes halogenated alkanes) is 6. The minimum absolute atomic E-state index is 0.0366. The number of Topliss-reactive ketones (excluding diaryl/α,β-unsaturated/α-hetero) is 1. The topological polar surface area (TPSA) is 57.5 Å². The maximum Gasteiger partial charge on any atom is 0.136 e. The number of hydrogen-bond acceptors (Lipinski definition) is 3. The lowest BCUT2D eigenvalue weighted by atomic mass is 9.74. The van der Waals surface area contributed by atoms with Gasteiger partial charge in [0.05, 0.1) is 6.10 Å². The highest BCUT2D eigenvalue weighted by Crippen LogP contribution is 2.47. The lowest BCUT2D eigenvalue weighted by Gasteiger charge is -2.29. The van der Waals surface area contributed by atoms with Crippen LogP contribution in [0.1, 0.15) is 71.1 Å². The first-order chi connectivity index (χ1) is 10.6. The lowest BCUT2D eigenvalue weighted by Crippen LogP contribution is -2.38. The Bertz CT molecular complexity index is 420. The zero-order valence-corrected chi connectivity index (χ0v) is 13.8. The average molecular weight is 306 g/mol. The first kappa shape index (κ1) is 17.5. The Morgan fingerprint density at radius 3 is 2.50 bits per heavy atom. The van der Waals surface area contributed by atoms with Crippen molar-refractivity contribution in [2.24, 2.45) is 17.8 Å². The summed E-state index contributed by atoms with van der Waals surface area (Å²) in [6.07, 6.45) is 9.48. The third-order valence-corrected chi connectivity index (χ3v) is 5.24. The van der Waals surface area contributed by atoms with E-state index in [1.54, 1.807) is 0 Å². The monoisotopic (exact) mass is 306 g/mol. The highest BCUT2D eigenvalue weighted by atomic mass is 16.3. The summed E-state index contributed by atoms with van der Waals surface area (Å²) in [5.41, 5.74) is 0. The summed E-state index contributed by atoms with van der Waals surface area (Å²) in [4.78, 5) is 11.4. The Labute approximate surface area is 134 Å². The molecule has 0 saturated heterocycles. The second-order valence-corrected chi connectivity index (χ2v) is 6.99. The molecule has 0 aromatic heterocycles. The second kappa shape index (κ2) is 8.70. The average Bonchev–Trinajstić information content (AvgIpc) is 2.75. The van der Waals surface area contributed by atoms with Crippen LogP contribution in [0.2, 0.25) is 0 Å². The minimum Gasteiger partial charge on any atom is -0.392 e. The van der Waals surface area contributed by atoms with E-state index in [-0.39, 0.29) is 23.5 Å². The van der Waals surface area contributed by atoms with Crippen molar-refractivity contribution < 1.29 is 15.0 Å². The molecule has 22 heavy (non-hydrogen) atoms. The Balaban J connectivity index is 1.59. The number of carbonyl (C=O) groups excluding carboxylic acids is 1. The van der Waals surface area contributed by atoms with Crippen molar-refractivity contribution in [1.82, 2.24) is 0 Å². The molecule has 0 radical (unpaired) electrons. The zero-order valence-electron chi connectivity index (χ0n) is 13.8. The molecule has 0 spiro atoms. The summed E-state index contributed by atoms with van der Waals surface area (Å²) in [5.74, 6) is 6.23. The van der Waals surface area contributed by atoms with Crippen LogP contribution < -0.4 is 0 Å². The molecule has 0 amide bonds. The first-order valence-corrected chi connectivity index (χ1v) is 9.03. The minimum atomic E-state index is -0.586. The molecule has 2 saturated carbocycles. The van der Waals surface area contributed by atoms with E-state index in [0.29, 0.717) is 12.8 Å². The molecule has 2 aliphatic rings. The molecule has 0 aromatic rings. The summed E-state index contributed by atoms with van der Waals surface area (Å²) >= 11 is 0. The molecule has 5 atom stereocenters. The van der Waals surface area contributed by atoms with Gasteiger partial charge in [0.25, 0.3) is 0 Å². The highest BCUT2D eigenvalue weighted by Gasteiger charge is 2.52. The molecule has 2 fully saturated rings. The van der Waals surface area contributed by atoms with Gasteiger partial charge in [-0.3, -0.25) is 4.79 Å². The standard InChI is InChI=1S/C19H30O3/c1-2-3-4-5-6-7-8-9-15(20)11-10-14-12-16-17(19(14)22)13-18(16)21/h14-17,19-20,22H,2-9,12-13H2,1H3. The van der Waals surface area contributed by atoms with Crippen molar-refractivity contribution in [3.05, 3.63) is 0 Å². The van der Waals surface area contributed by atoms with E-state index in [4.69, 9.17) is 0 Å². The Morgan fingerprint density at radius 1 is 1.18 bits per heavy atom. The molecule has 124 valence electrons. The fraction of sp³-hybridized carbons (Fsp3) is 0.842. The SMILES string of the molecule is CCCCCCCCCC(O)C#CC1CC2C(=O)CC2C1O. The predicted octanol–water partition coefficient (Wildman–Crippen LogP) is 3.08. The van der Waals surface area contributed by atoms with Gasteiger partial charge in [-0.2, -0.15) is 0 Å². The van der Waals surface area contributed by atoms with Crippen LogP contribution >= 0.6 is 0 Å². The molecular formula is C19H30O3. The molecule has 0 aromatic carbocycles. The molecule has 5 unspecified atom stereocenters. The molecule has 2 aliphatic carbocycles. The van der Waals surface area contributed by atoms with Gasteiger partial charge in [0, 0.05) is 24.2 Å². The van der Waals surface area contributed by atoms with E-state index in [9.17, 15) is 15.0 Å². The fourth-order valence-electron chi connectivity index (χ4n) is 3.70. The number of fused-ring (bicyclic) bond motifs is 1. The molecule has 2 N–H and O–H groups in total. The van der Waals surface area contributed by atoms with Crippen molar-refractivity contribution in [1.29, 1.82) is 0 Å². The summed E-state index contributed by atoms with van der Waals surface area (Å²) in [7, 11) is 0. The van der Waals surface area contributed by atoms with Crippen molar-refractivity contribution >= 4 is 5.78 Å². The van der Waals surface area contributed by atoms with Crippen LogP contribution in [0.3, 0.4) is 0 Å². The number of ketones is 1. The van der Waals surface area contributed by atoms with Gasteiger partial charge in [-0.05, 0) is 19.3 Å². The van der Waals surface area contributed by atoms with Gasteiger partial charge < -0.3 is 10.2 Å². The number of aliphatic hydroxyl groups excluding tert-OH is 2. The molecule has 3 heteroatoms. The summed E-state index contributed by atoms with van der Waals surface area (Å²) in [6, 6.07) is 0. The molecule has 3 nitrogen and oxygen atoms in total. The second-order valence-electron chi connectivity index (χ2n) is 6.99. The Kier molecular flexibility index (Phi) is 6.92. The number of carbonyl (C=O) groups is 1. The van der Waals surface area contributed by atoms with Gasteiger partial charge >= 0.3 is 0 Å². The van der Waals surface area contributed by atoms with Gasteiger partial charge in [-0.1, -0.05) is 57.3 Å². The van der Waals surface area contributed by atoms with Gasteiger partial charge in [0.1, 0.15) is 11.9 Å². The number of rotatable bonds is 8. The van der Waals surface area contributed by atoms with E-state index in [0.717, 1.165) is 19.3 Å². The van der Waals surface area contributed by atoms with Crippen molar-refractivity contribution in [2.45, 2.75) is 83.3 Å². The van der Waals surface area contributed by atoms with Gasteiger partial charge in [-0.15, -0.1) is 0 Å². The predicted molar refractivity (Wildman–Crippen MR) is 87.1 cm³/mol. The molecule has 2 rings (SSSR count). The van der Waals surface area contributed by atoms with Crippen LogP contribution in [0.4, 0.5) is 0 Å². The molecular weight excluding hydrogens is 276 g/mol. The zero-order chi connectivity index (χ0) is 15.9. The van der Waals surface area contributed by atoms with Crippen molar-refractivity contribution in [3.8, 4) is 11.8 Å². The Hall–Kier alpha value is -0.850. The van der Waals surface area contributed by atoms with E-state index in [1.165, 1.54) is 32.1 Å². The van der Waals surface area contributed by atoms with Gasteiger partial charge in [0.2, 0.25) is 0 Å². The van der Waals surface area contributed by atoms with Crippen LogP contribution in [-0.4, -0.2) is 28.2 Å². The van der Waals surface area contributed by atoms with Crippen molar-refractivity contribution in [3.63, 3.8) is 0 Å². The number of hydrogen-bond donors (Lipinski definition) is 2. The molecule has 0 bridgehead atoms. The van der Waals surface area contributed by atoms with Gasteiger partial charge in [0.15, 0.2) is 0 Å². The maximum atomic E-state index is 11.4. The third kappa shape index (κ3) is 4.57. The maximum absolute atomic E-state index is 11.4. The van der Waals surface area contributed by atoms with E-state index >= 15 is 0 Å². The smallest absolute Gasteiger partial charge is 0.136 e. The summed E-state index contributed by atoms with van der Waals surface area (Å²) in [6.45, 7) is 2.22. The van der Waals surface area contributed by atoms with Crippen LogP contribution in [0, 0.1) is 29.6 Å².